The minimum Gasteiger partial charge on any atom is -0.465 e. The van der Waals surface area contributed by atoms with Crippen molar-refractivity contribution in [3.63, 3.8) is 0 Å². The first kappa shape index (κ1) is 20.8. The summed E-state index contributed by atoms with van der Waals surface area (Å²) in [5, 5.41) is 11.9. The summed E-state index contributed by atoms with van der Waals surface area (Å²) in [6.07, 6.45) is 0. The Bertz CT molecular complexity index is 1220. The van der Waals surface area contributed by atoms with E-state index in [4.69, 9.17) is 16.3 Å². The number of sulfone groups is 1. The number of nitro groups is 1. The number of carbonyl (C=O) groups excluding carboxylic acids is 1. The van der Waals surface area contributed by atoms with Crippen molar-refractivity contribution in [3.05, 3.63) is 63.3 Å². The molecule has 1 heterocycles. The van der Waals surface area contributed by atoms with E-state index >= 15 is 0 Å². The molecule has 0 unspecified atom stereocenters. The van der Waals surface area contributed by atoms with Crippen LogP contribution in [-0.4, -0.2) is 30.5 Å². The smallest absolute Gasteiger partial charge is 0.325 e. The second kappa shape index (κ2) is 7.84. The Morgan fingerprint density at radius 1 is 1.21 bits per heavy atom. The number of ether oxygens (including phenoxy) is 1. The van der Waals surface area contributed by atoms with Gasteiger partial charge in [-0.1, -0.05) is 17.7 Å². The molecule has 0 amide bonds. The Morgan fingerprint density at radius 2 is 1.86 bits per heavy atom. The minimum atomic E-state index is -4.13. The first-order valence-corrected chi connectivity index (χ1v) is 10.5. The van der Waals surface area contributed by atoms with Crippen molar-refractivity contribution in [2.45, 2.75) is 30.2 Å². The predicted octanol–water partition coefficient (Wildman–Crippen LogP) is 3.91. The van der Waals surface area contributed by atoms with E-state index < -0.39 is 20.7 Å². The lowest BCUT2D eigenvalue weighted by atomic mass is 10.2. The molecule has 29 heavy (non-hydrogen) atoms. The third-order valence-electron chi connectivity index (χ3n) is 4.45. The van der Waals surface area contributed by atoms with Gasteiger partial charge in [-0.15, -0.1) is 0 Å². The summed E-state index contributed by atoms with van der Waals surface area (Å²) in [4.78, 5) is 22.8. The normalized spacial score (nSPS) is 11.6. The Balaban J connectivity index is 2.36. The Labute approximate surface area is 171 Å². The highest BCUT2D eigenvalue weighted by Gasteiger charge is 2.32. The van der Waals surface area contributed by atoms with Crippen LogP contribution in [0.1, 0.15) is 12.6 Å². The highest BCUT2D eigenvalue weighted by atomic mass is 35.5. The molecule has 0 saturated carbocycles. The lowest BCUT2D eigenvalue weighted by Gasteiger charge is -2.08. The Morgan fingerprint density at radius 3 is 2.45 bits per heavy atom. The van der Waals surface area contributed by atoms with Gasteiger partial charge in [0.2, 0.25) is 9.84 Å². The zero-order chi connectivity index (χ0) is 21.3. The van der Waals surface area contributed by atoms with E-state index in [2.05, 4.69) is 0 Å². The van der Waals surface area contributed by atoms with Crippen LogP contribution >= 0.6 is 11.6 Å². The van der Waals surface area contributed by atoms with Gasteiger partial charge in [0.05, 0.1) is 27.3 Å². The number of benzene rings is 2. The van der Waals surface area contributed by atoms with Crippen LogP contribution in [0, 0.1) is 17.0 Å². The molecule has 3 rings (SSSR count). The minimum absolute atomic E-state index is 0.0470. The molecule has 3 aromatic rings. The molecule has 0 bridgehead atoms. The molecule has 0 aliphatic heterocycles. The van der Waals surface area contributed by atoms with Crippen molar-refractivity contribution < 1.29 is 22.9 Å². The molecule has 0 fully saturated rings. The number of carbonyl (C=O) groups is 1. The van der Waals surface area contributed by atoms with Gasteiger partial charge in [-0.3, -0.25) is 14.9 Å². The molecule has 2 aromatic carbocycles. The van der Waals surface area contributed by atoms with Crippen LogP contribution in [0.15, 0.2) is 52.3 Å². The Hall–Kier alpha value is -2.91. The maximum absolute atomic E-state index is 13.4. The predicted molar refractivity (Wildman–Crippen MR) is 107 cm³/mol. The second-order valence-corrected chi connectivity index (χ2v) is 8.51. The number of nitrogens with zero attached hydrogens (tertiary/aromatic N) is 2. The maximum atomic E-state index is 13.4. The number of hydrogen-bond donors (Lipinski definition) is 0. The maximum Gasteiger partial charge on any atom is 0.325 e. The SMILES string of the molecule is CCOC(=O)Cn1c(C)c(S(=O)(=O)c2ccc(Cl)cc2)c2c([N+](=O)[O-])cccc21. The van der Waals surface area contributed by atoms with Crippen molar-refractivity contribution in [2.75, 3.05) is 6.61 Å². The molecule has 8 nitrogen and oxygen atoms in total. The highest BCUT2D eigenvalue weighted by molar-refractivity contribution is 7.91. The van der Waals surface area contributed by atoms with Crippen LogP contribution in [0.2, 0.25) is 5.02 Å². The number of hydrogen-bond acceptors (Lipinski definition) is 6. The first-order chi connectivity index (χ1) is 13.7. The van der Waals surface area contributed by atoms with Crippen LogP contribution in [0.5, 0.6) is 0 Å². The van der Waals surface area contributed by atoms with Gasteiger partial charge in [0.25, 0.3) is 5.69 Å². The monoisotopic (exact) mass is 436 g/mol. The quantitative estimate of drug-likeness (QED) is 0.329. The largest absolute Gasteiger partial charge is 0.465 e. The van der Waals surface area contributed by atoms with Gasteiger partial charge in [-0.05, 0) is 44.2 Å². The fourth-order valence-corrected chi connectivity index (χ4v) is 5.06. The number of halogens is 1. The number of rotatable bonds is 6. The third kappa shape index (κ3) is 3.70. The van der Waals surface area contributed by atoms with Gasteiger partial charge in [0.1, 0.15) is 11.4 Å². The van der Waals surface area contributed by atoms with Crippen molar-refractivity contribution in [3.8, 4) is 0 Å². The van der Waals surface area contributed by atoms with E-state index in [1.165, 1.54) is 54.0 Å². The molecule has 0 aliphatic carbocycles. The van der Waals surface area contributed by atoms with Crippen molar-refractivity contribution >= 4 is 44.0 Å². The average Bonchev–Trinajstić information content (AvgIpc) is 2.94. The fourth-order valence-electron chi connectivity index (χ4n) is 3.22. The van der Waals surface area contributed by atoms with Gasteiger partial charge in [-0.2, -0.15) is 0 Å². The summed E-state index contributed by atoms with van der Waals surface area (Å²) >= 11 is 5.85. The number of nitro benzene ring substituents is 1. The molecule has 0 radical (unpaired) electrons. The zero-order valence-electron chi connectivity index (χ0n) is 15.6. The molecule has 0 aliphatic rings. The summed E-state index contributed by atoms with van der Waals surface area (Å²) < 4.78 is 33.2. The molecule has 10 heteroatoms. The standard InChI is InChI=1S/C19H17ClN2O6S/c1-3-28-17(23)11-21-12(2)19(18-15(21)5-4-6-16(18)22(24)25)29(26,27)14-9-7-13(20)8-10-14/h4-10H,3,11H2,1-2H3. The molecule has 0 atom stereocenters. The molecule has 1 aromatic heterocycles. The molecule has 152 valence electrons. The van der Waals surface area contributed by atoms with E-state index in [0.29, 0.717) is 5.02 Å². The number of aromatic nitrogens is 1. The van der Waals surface area contributed by atoms with Crippen LogP contribution in [0.4, 0.5) is 5.69 Å². The van der Waals surface area contributed by atoms with Gasteiger partial charge >= 0.3 is 5.97 Å². The summed E-state index contributed by atoms with van der Waals surface area (Å²) in [5.41, 5.74) is 0.107. The molecule has 0 spiro atoms. The lowest BCUT2D eigenvalue weighted by Crippen LogP contribution is -2.15. The molecule has 0 N–H and O–H groups in total. The van der Waals surface area contributed by atoms with E-state index in [9.17, 15) is 23.3 Å². The van der Waals surface area contributed by atoms with Gasteiger partial charge in [0.15, 0.2) is 0 Å². The van der Waals surface area contributed by atoms with Gasteiger partial charge < -0.3 is 9.30 Å². The van der Waals surface area contributed by atoms with E-state index in [1.54, 1.807) is 6.92 Å². The highest BCUT2D eigenvalue weighted by Crippen LogP contribution is 2.39. The van der Waals surface area contributed by atoms with E-state index in [-0.39, 0.29) is 45.2 Å². The van der Waals surface area contributed by atoms with Gasteiger partial charge in [0, 0.05) is 16.8 Å². The van der Waals surface area contributed by atoms with Crippen LogP contribution in [0.3, 0.4) is 0 Å². The summed E-state index contributed by atoms with van der Waals surface area (Å²) in [7, 11) is -4.13. The number of non-ortho nitro benzene ring substituents is 1. The van der Waals surface area contributed by atoms with E-state index in [0.717, 1.165) is 0 Å². The average molecular weight is 437 g/mol. The number of fused-ring (bicyclic) bond motifs is 1. The van der Waals surface area contributed by atoms with Crippen LogP contribution in [-0.2, 0) is 25.9 Å². The fraction of sp³-hybridized carbons (Fsp3) is 0.211. The molecule has 0 saturated heterocycles. The topological polar surface area (TPSA) is 109 Å². The van der Waals surface area contributed by atoms with Crippen molar-refractivity contribution in [1.82, 2.24) is 4.57 Å². The first-order valence-electron chi connectivity index (χ1n) is 8.61. The summed E-state index contributed by atoms with van der Waals surface area (Å²) in [5.74, 6) is -0.575. The van der Waals surface area contributed by atoms with Crippen molar-refractivity contribution in [2.24, 2.45) is 0 Å². The second-order valence-electron chi connectivity index (χ2n) is 6.19. The number of esters is 1. The van der Waals surface area contributed by atoms with Crippen LogP contribution in [0.25, 0.3) is 10.9 Å². The van der Waals surface area contributed by atoms with Gasteiger partial charge in [-0.25, -0.2) is 8.42 Å². The Kier molecular flexibility index (Phi) is 5.63. The summed E-state index contributed by atoms with van der Waals surface area (Å²) in [6, 6.07) is 9.74. The molecular weight excluding hydrogens is 420 g/mol. The molecular formula is C19H17ClN2O6S. The third-order valence-corrected chi connectivity index (χ3v) is 6.64. The summed E-state index contributed by atoms with van der Waals surface area (Å²) in [6.45, 7) is 3.05. The van der Waals surface area contributed by atoms with Crippen molar-refractivity contribution in [1.29, 1.82) is 0 Å². The van der Waals surface area contributed by atoms with E-state index in [1.807, 2.05) is 0 Å². The van der Waals surface area contributed by atoms with Crippen LogP contribution < -0.4 is 0 Å². The lowest BCUT2D eigenvalue weighted by molar-refractivity contribution is -0.383. The zero-order valence-corrected chi connectivity index (χ0v) is 17.2.